The van der Waals surface area contributed by atoms with E-state index in [4.69, 9.17) is 0 Å². The molecule has 2 heterocycles. The van der Waals surface area contributed by atoms with Gasteiger partial charge in [0.25, 0.3) is 0 Å². The molecule has 2 N–H and O–H groups in total. The van der Waals surface area contributed by atoms with Gasteiger partial charge in [0.05, 0.1) is 16.1 Å². The van der Waals surface area contributed by atoms with Crippen molar-refractivity contribution in [3.05, 3.63) is 82.3 Å². The Morgan fingerprint density at radius 1 is 0.967 bits per heavy atom. The van der Waals surface area contributed by atoms with Crippen molar-refractivity contribution in [1.82, 2.24) is 15.0 Å². The number of anilines is 4. The van der Waals surface area contributed by atoms with Crippen molar-refractivity contribution in [1.29, 1.82) is 0 Å². The molecule has 8 nitrogen and oxygen atoms in total. The number of aryl methyl sites for hydroxylation is 1. The molecule has 0 spiro atoms. The lowest BCUT2D eigenvalue weighted by molar-refractivity contribution is -0.383. The molecular formula is C20H14F2N6O2. The van der Waals surface area contributed by atoms with E-state index in [2.05, 4.69) is 25.6 Å². The summed E-state index contributed by atoms with van der Waals surface area (Å²) in [6.45, 7) is 1.84. The van der Waals surface area contributed by atoms with Crippen molar-refractivity contribution in [2.24, 2.45) is 0 Å². The highest BCUT2D eigenvalue weighted by Gasteiger charge is 2.24. The molecule has 4 aromatic rings. The fourth-order valence-electron chi connectivity index (χ4n) is 2.92. The minimum atomic E-state index is -1.09. The number of fused-ring (bicyclic) bond motifs is 1. The lowest BCUT2D eigenvalue weighted by Crippen LogP contribution is -2.06. The molecule has 0 amide bonds. The van der Waals surface area contributed by atoms with Crippen LogP contribution in [-0.2, 0) is 0 Å². The van der Waals surface area contributed by atoms with Crippen molar-refractivity contribution in [2.45, 2.75) is 6.92 Å². The quantitative estimate of drug-likeness (QED) is 0.353. The first-order valence-corrected chi connectivity index (χ1v) is 8.77. The Morgan fingerprint density at radius 3 is 2.47 bits per heavy atom. The molecule has 30 heavy (non-hydrogen) atoms. The van der Waals surface area contributed by atoms with Crippen molar-refractivity contribution in [3.63, 3.8) is 0 Å². The largest absolute Gasteiger partial charge is 0.353 e. The maximum absolute atomic E-state index is 13.5. The molecule has 0 saturated carbocycles. The molecule has 0 saturated heterocycles. The SMILES string of the molecule is Cc1ccc2cccc(Nc3ncnc(Nc4ccc(F)c(F)c4)c3[N+](=O)[O-])c2n1. The normalized spacial score (nSPS) is 10.8. The molecule has 4 rings (SSSR count). The molecule has 0 atom stereocenters. The molecule has 0 fully saturated rings. The second kappa shape index (κ2) is 7.66. The first kappa shape index (κ1) is 19.1. The van der Waals surface area contributed by atoms with Crippen LogP contribution in [0, 0.1) is 28.7 Å². The van der Waals surface area contributed by atoms with Crippen LogP contribution in [-0.4, -0.2) is 19.9 Å². The van der Waals surface area contributed by atoms with E-state index >= 15 is 0 Å². The zero-order valence-electron chi connectivity index (χ0n) is 15.6. The molecule has 0 unspecified atom stereocenters. The Bertz CT molecular complexity index is 1280. The average Bonchev–Trinajstić information content (AvgIpc) is 2.71. The van der Waals surface area contributed by atoms with Crippen LogP contribution in [0.5, 0.6) is 0 Å². The van der Waals surface area contributed by atoms with Gasteiger partial charge in [0.15, 0.2) is 11.6 Å². The number of aromatic nitrogens is 3. The van der Waals surface area contributed by atoms with Crippen LogP contribution in [0.3, 0.4) is 0 Å². The van der Waals surface area contributed by atoms with Crippen molar-refractivity contribution in [2.75, 3.05) is 10.6 Å². The third-order valence-electron chi connectivity index (χ3n) is 4.30. The second-order valence-corrected chi connectivity index (χ2v) is 6.39. The van der Waals surface area contributed by atoms with Gasteiger partial charge in [0, 0.05) is 22.8 Å². The summed E-state index contributed by atoms with van der Waals surface area (Å²) < 4.78 is 26.6. The van der Waals surface area contributed by atoms with Crippen LogP contribution in [0.15, 0.2) is 54.9 Å². The molecular weight excluding hydrogens is 394 g/mol. The fourth-order valence-corrected chi connectivity index (χ4v) is 2.92. The Morgan fingerprint density at radius 2 is 1.73 bits per heavy atom. The molecule has 150 valence electrons. The Kier molecular flexibility index (Phi) is 4.88. The Hall–Kier alpha value is -4.21. The maximum atomic E-state index is 13.5. The third kappa shape index (κ3) is 3.70. The number of halogens is 2. The number of rotatable bonds is 5. The maximum Gasteiger partial charge on any atom is 0.353 e. The number of benzene rings is 2. The van der Waals surface area contributed by atoms with Crippen molar-refractivity contribution >= 4 is 39.6 Å². The highest BCUT2D eigenvalue weighted by molar-refractivity contribution is 5.93. The first-order chi connectivity index (χ1) is 14.4. The predicted molar refractivity (Wildman–Crippen MR) is 108 cm³/mol. The summed E-state index contributed by atoms with van der Waals surface area (Å²) in [4.78, 5) is 23.5. The van der Waals surface area contributed by atoms with Crippen LogP contribution in [0.4, 0.5) is 37.5 Å². The van der Waals surface area contributed by atoms with Gasteiger partial charge in [-0.15, -0.1) is 0 Å². The number of para-hydroxylation sites is 1. The number of nitrogens with zero attached hydrogens (tertiary/aromatic N) is 4. The number of hydrogen-bond acceptors (Lipinski definition) is 7. The van der Waals surface area contributed by atoms with Gasteiger partial charge in [-0.1, -0.05) is 18.2 Å². The second-order valence-electron chi connectivity index (χ2n) is 6.39. The Labute approximate surface area is 168 Å². The van der Waals surface area contributed by atoms with E-state index in [9.17, 15) is 18.9 Å². The Balaban J connectivity index is 1.76. The van der Waals surface area contributed by atoms with Crippen LogP contribution in [0.2, 0.25) is 0 Å². The number of nitro groups is 1. The highest BCUT2D eigenvalue weighted by Crippen LogP contribution is 2.34. The summed E-state index contributed by atoms with van der Waals surface area (Å²) in [5.41, 5.74) is 1.59. The lowest BCUT2D eigenvalue weighted by atomic mass is 10.1. The van der Waals surface area contributed by atoms with Crippen LogP contribution < -0.4 is 10.6 Å². The lowest BCUT2D eigenvalue weighted by Gasteiger charge is -2.12. The summed E-state index contributed by atoms with van der Waals surface area (Å²) in [5, 5.41) is 18.2. The molecule has 0 aliphatic rings. The first-order valence-electron chi connectivity index (χ1n) is 8.77. The summed E-state index contributed by atoms with van der Waals surface area (Å²) in [6, 6.07) is 12.2. The highest BCUT2D eigenvalue weighted by atomic mass is 19.2. The standard InChI is InChI=1S/C20H14F2N6O2/c1-11-5-6-12-3-2-4-16(17(12)25-11)27-20-18(28(29)30)19(23-10-24-20)26-13-7-8-14(21)15(22)9-13/h2-10H,1H3,(H2,23,24,26,27). The average molecular weight is 408 g/mol. The molecule has 0 aliphatic carbocycles. The van der Waals surface area contributed by atoms with E-state index in [0.29, 0.717) is 11.2 Å². The zero-order valence-corrected chi connectivity index (χ0v) is 15.6. The molecule has 0 bridgehead atoms. The molecule has 2 aromatic carbocycles. The van der Waals surface area contributed by atoms with E-state index in [1.165, 1.54) is 6.07 Å². The predicted octanol–water partition coefficient (Wildman–Crippen LogP) is 5.01. The van der Waals surface area contributed by atoms with Gasteiger partial charge < -0.3 is 10.6 Å². The van der Waals surface area contributed by atoms with Crippen LogP contribution in [0.1, 0.15) is 5.69 Å². The molecule has 0 aliphatic heterocycles. The number of pyridine rings is 1. The van der Waals surface area contributed by atoms with E-state index in [1.807, 2.05) is 25.1 Å². The van der Waals surface area contributed by atoms with Gasteiger partial charge >= 0.3 is 5.69 Å². The summed E-state index contributed by atoms with van der Waals surface area (Å²) >= 11 is 0. The minimum Gasteiger partial charge on any atom is -0.334 e. The van der Waals surface area contributed by atoms with Crippen molar-refractivity contribution in [3.8, 4) is 0 Å². The minimum absolute atomic E-state index is 0.0733. The fraction of sp³-hybridized carbons (Fsp3) is 0.0500. The van der Waals surface area contributed by atoms with Gasteiger partial charge in [0.2, 0.25) is 11.6 Å². The van der Waals surface area contributed by atoms with E-state index < -0.39 is 22.2 Å². The van der Waals surface area contributed by atoms with Gasteiger partial charge in [-0.05, 0) is 31.2 Å². The zero-order chi connectivity index (χ0) is 21.3. The topological polar surface area (TPSA) is 106 Å². The van der Waals surface area contributed by atoms with E-state index in [-0.39, 0.29) is 17.3 Å². The smallest absolute Gasteiger partial charge is 0.334 e. The number of nitrogens with one attached hydrogen (secondary N) is 2. The molecule has 10 heteroatoms. The molecule has 2 aromatic heterocycles. The van der Waals surface area contributed by atoms with Gasteiger partial charge in [-0.2, -0.15) is 0 Å². The summed E-state index contributed by atoms with van der Waals surface area (Å²) in [5.74, 6) is -2.37. The van der Waals surface area contributed by atoms with Crippen molar-refractivity contribution < 1.29 is 13.7 Å². The summed E-state index contributed by atoms with van der Waals surface area (Å²) in [6.07, 6.45) is 1.13. The number of hydrogen-bond donors (Lipinski definition) is 2. The van der Waals surface area contributed by atoms with Crippen LogP contribution >= 0.6 is 0 Å². The summed E-state index contributed by atoms with van der Waals surface area (Å²) in [7, 11) is 0. The van der Waals surface area contributed by atoms with E-state index in [0.717, 1.165) is 29.5 Å². The third-order valence-corrected chi connectivity index (χ3v) is 4.30. The van der Waals surface area contributed by atoms with E-state index in [1.54, 1.807) is 12.1 Å². The van der Waals surface area contributed by atoms with Crippen LogP contribution in [0.25, 0.3) is 10.9 Å². The van der Waals surface area contributed by atoms with Gasteiger partial charge in [-0.3, -0.25) is 15.1 Å². The van der Waals surface area contributed by atoms with Gasteiger partial charge in [0.1, 0.15) is 6.33 Å². The monoisotopic (exact) mass is 408 g/mol. The molecule has 0 radical (unpaired) electrons. The van der Waals surface area contributed by atoms with Gasteiger partial charge in [-0.25, -0.2) is 18.7 Å².